The van der Waals surface area contributed by atoms with Gasteiger partial charge in [-0.05, 0) is 18.7 Å². The van der Waals surface area contributed by atoms with Crippen LogP contribution in [-0.2, 0) is 6.54 Å². The Bertz CT molecular complexity index is 463. The van der Waals surface area contributed by atoms with Crippen LogP contribution in [-0.4, -0.2) is 40.6 Å². The van der Waals surface area contributed by atoms with E-state index >= 15 is 0 Å². The molecule has 4 heteroatoms. The number of para-hydroxylation sites is 2. The molecule has 1 aromatic carbocycles. The monoisotopic (exact) mass is 232 g/mol. The molecule has 0 amide bonds. The molecule has 0 atom stereocenters. The first-order valence-electron chi connectivity index (χ1n) is 6.17. The summed E-state index contributed by atoms with van der Waals surface area (Å²) >= 11 is 0. The summed E-state index contributed by atoms with van der Waals surface area (Å²) in [6.07, 6.45) is 1.92. The summed E-state index contributed by atoms with van der Waals surface area (Å²) in [6, 6.07) is 8.23. The lowest BCUT2D eigenvalue weighted by atomic mass is 10.3. The number of hydrogen-bond acceptors (Lipinski definition) is 3. The summed E-state index contributed by atoms with van der Waals surface area (Å²) in [6.45, 7) is 6.88. The maximum absolute atomic E-state index is 5.58. The normalized spacial score (nSPS) is 11.5. The number of likely N-dealkylation sites (N-methyl/N-ethyl adjacent to an activating group) is 1. The van der Waals surface area contributed by atoms with Crippen LogP contribution in [0.4, 0.5) is 0 Å². The highest BCUT2D eigenvalue weighted by Crippen LogP contribution is 2.11. The second-order valence-electron chi connectivity index (χ2n) is 4.15. The zero-order chi connectivity index (χ0) is 12.1. The van der Waals surface area contributed by atoms with Crippen molar-refractivity contribution in [2.24, 2.45) is 5.73 Å². The van der Waals surface area contributed by atoms with E-state index in [1.807, 2.05) is 18.5 Å². The Kier molecular flexibility index (Phi) is 4.12. The Morgan fingerprint density at radius 2 is 2.12 bits per heavy atom. The molecule has 0 radical (unpaired) electrons. The molecule has 2 N–H and O–H groups in total. The Labute approximate surface area is 102 Å². The van der Waals surface area contributed by atoms with Gasteiger partial charge in [0.15, 0.2) is 0 Å². The minimum Gasteiger partial charge on any atom is -0.329 e. The third kappa shape index (κ3) is 2.84. The van der Waals surface area contributed by atoms with Crippen LogP contribution in [0.25, 0.3) is 11.0 Å². The average Bonchev–Trinajstić information content (AvgIpc) is 2.78. The number of rotatable bonds is 6. The molecule has 4 nitrogen and oxygen atoms in total. The topological polar surface area (TPSA) is 47.1 Å². The van der Waals surface area contributed by atoms with E-state index in [9.17, 15) is 0 Å². The van der Waals surface area contributed by atoms with Crippen molar-refractivity contribution in [3.8, 4) is 0 Å². The number of benzene rings is 1. The number of fused-ring (bicyclic) bond motifs is 1. The Morgan fingerprint density at radius 3 is 2.88 bits per heavy atom. The van der Waals surface area contributed by atoms with Crippen molar-refractivity contribution in [2.75, 3.05) is 26.2 Å². The summed E-state index contributed by atoms with van der Waals surface area (Å²) in [5.41, 5.74) is 7.85. The molecule has 2 rings (SSSR count). The van der Waals surface area contributed by atoms with Crippen LogP contribution >= 0.6 is 0 Å². The van der Waals surface area contributed by atoms with Gasteiger partial charge in [-0.25, -0.2) is 4.98 Å². The van der Waals surface area contributed by atoms with Crippen molar-refractivity contribution >= 4 is 11.0 Å². The number of aromatic nitrogens is 2. The highest BCUT2D eigenvalue weighted by molar-refractivity contribution is 5.74. The van der Waals surface area contributed by atoms with Crippen LogP contribution in [0.1, 0.15) is 6.92 Å². The predicted molar refractivity (Wildman–Crippen MR) is 70.9 cm³/mol. The fraction of sp³-hybridized carbons (Fsp3) is 0.462. The van der Waals surface area contributed by atoms with Gasteiger partial charge in [0, 0.05) is 26.2 Å². The second-order valence-corrected chi connectivity index (χ2v) is 4.15. The predicted octanol–water partition coefficient (Wildman–Crippen LogP) is 1.32. The molecular weight excluding hydrogens is 212 g/mol. The molecule has 0 aliphatic heterocycles. The molecule has 0 unspecified atom stereocenters. The highest BCUT2D eigenvalue weighted by Gasteiger charge is 2.04. The largest absolute Gasteiger partial charge is 0.329 e. The second kappa shape index (κ2) is 5.80. The lowest BCUT2D eigenvalue weighted by molar-refractivity contribution is 0.285. The number of nitrogens with two attached hydrogens (primary N) is 1. The van der Waals surface area contributed by atoms with Crippen LogP contribution in [0.5, 0.6) is 0 Å². The van der Waals surface area contributed by atoms with Gasteiger partial charge in [0.05, 0.1) is 17.4 Å². The van der Waals surface area contributed by atoms with E-state index in [1.54, 1.807) is 0 Å². The number of hydrogen-bond donors (Lipinski definition) is 1. The molecular formula is C13H20N4. The van der Waals surface area contributed by atoms with E-state index in [4.69, 9.17) is 5.73 Å². The third-order valence-electron chi connectivity index (χ3n) is 3.08. The number of nitrogens with zero attached hydrogens (tertiary/aromatic N) is 3. The fourth-order valence-electron chi connectivity index (χ4n) is 2.05. The van der Waals surface area contributed by atoms with E-state index in [-0.39, 0.29) is 0 Å². The maximum Gasteiger partial charge on any atom is 0.0958 e. The molecule has 0 aliphatic rings. The van der Waals surface area contributed by atoms with Crippen LogP contribution in [0.3, 0.4) is 0 Å². The van der Waals surface area contributed by atoms with Gasteiger partial charge in [-0.2, -0.15) is 0 Å². The van der Waals surface area contributed by atoms with Crippen molar-refractivity contribution in [3.63, 3.8) is 0 Å². The first kappa shape index (κ1) is 12.1. The van der Waals surface area contributed by atoms with Crippen molar-refractivity contribution in [2.45, 2.75) is 13.5 Å². The Balaban J connectivity index is 2.03. The van der Waals surface area contributed by atoms with E-state index in [0.29, 0.717) is 0 Å². The minimum absolute atomic E-state index is 0.721. The van der Waals surface area contributed by atoms with Gasteiger partial charge in [0.2, 0.25) is 0 Å². The molecule has 17 heavy (non-hydrogen) atoms. The van der Waals surface area contributed by atoms with E-state index in [1.165, 1.54) is 5.52 Å². The summed E-state index contributed by atoms with van der Waals surface area (Å²) in [4.78, 5) is 6.74. The molecule has 1 aromatic heterocycles. The summed E-state index contributed by atoms with van der Waals surface area (Å²) in [5, 5.41) is 0. The molecule has 1 heterocycles. The average molecular weight is 232 g/mol. The van der Waals surface area contributed by atoms with Gasteiger partial charge in [0.25, 0.3) is 0 Å². The zero-order valence-corrected chi connectivity index (χ0v) is 10.3. The summed E-state index contributed by atoms with van der Waals surface area (Å²) in [7, 11) is 0. The molecule has 0 aliphatic carbocycles. The van der Waals surface area contributed by atoms with Gasteiger partial charge in [-0.3, -0.25) is 0 Å². The van der Waals surface area contributed by atoms with E-state index < -0.39 is 0 Å². The molecule has 92 valence electrons. The SMILES string of the molecule is CCN(CCN)CCn1cnc2ccccc21. The molecule has 0 saturated carbocycles. The molecule has 0 fully saturated rings. The molecule has 0 bridgehead atoms. The quantitative estimate of drug-likeness (QED) is 0.817. The lowest BCUT2D eigenvalue weighted by Gasteiger charge is -2.19. The van der Waals surface area contributed by atoms with Crippen molar-refractivity contribution in [3.05, 3.63) is 30.6 Å². The van der Waals surface area contributed by atoms with Crippen LogP contribution in [0.15, 0.2) is 30.6 Å². The first-order chi connectivity index (χ1) is 8.35. The first-order valence-corrected chi connectivity index (χ1v) is 6.17. The van der Waals surface area contributed by atoms with E-state index in [2.05, 4.69) is 33.5 Å². The fourth-order valence-corrected chi connectivity index (χ4v) is 2.05. The van der Waals surface area contributed by atoms with Crippen molar-refractivity contribution in [1.29, 1.82) is 0 Å². The van der Waals surface area contributed by atoms with Gasteiger partial charge in [0.1, 0.15) is 0 Å². The van der Waals surface area contributed by atoms with Gasteiger partial charge < -0.3 is 15.2 Å². The lowest BCUT2D eigenvalue weighted by Crippen LogP contribution is -2.32. The smallest absolute Gasteiger partial charge is 0.0958 e. The van der Waals surface area contributed by atoms with Gasteiger partial charge in [-0.1, -0.05) is 19.1 Å². The van der Waals surface area contributed by atoms with Crippen LogP contribution in [0, 0.1) is 0 Å². The Morgan fingerprint density at radius 1 is 1.29 bits per heavy atom. The molecule has 0 saturated heterocycles. The van der Waals surface area contributed by atoms with E-state index in [0.717, 1.165) is 38.2 Å². The van der Waals surface area contributed by atoms with Crippen molar-refractivity contribution in [1.82, 2.24) is 14.5 Å². The zero-order valence-electron chi connectivity index (χ0n) is 10.3. The van der Waals surface area contributed by atoms with Gasteiger partial charge in [-0.15, -0.1) is 0 Å². The van der Waals surface area contributed by atoms with Crippen LogP contribution in [0.2, 0.25) is 0 Å². The molecule has 0 spiro atoms. The standard InChI is InChI=1S/C13H20N4/c1-2-16(8-7-14)9-10-17-11-15-12-5-3-4-6-13(12)17/h3-6,11H,2,7-10,14H2,1H3. The molecule has 2 aromatic rings. The summed E-state index contributed by atoms with van der Waals surface area (Å²) in [5.74, 6) is 0. The number of imidazole rings is 1. The minimum atomic E-state index is 0.721. The summed E-state index contributed by atoms with van der Waals surface area (Å²) < 4.78 is 2.20. The third-order valence-corrected chi connectivity index (χ3v) is 3.08. The maximum atomic E-state index is 5.58. The highest BCUT2D eigenvalue weighted by atomic mass is 15.2. The van der Waals surface area contributed by atoms with Gasteiger partial charge >= 0.3 is 0 Å². The van der Waals surface area contributed by atoms with Crippen molar-refractivity contribution < 1.29 is 0 Å². The Hall–Kier alpha value is -1.39. The van der Waals surface area contributed by atoms with Crippen LogP contribution < -0.4 is 5.73 Å².